The van der Waals surface area contributed by atoms with Gasteiger partial charge in [0.1, 0.15) is 5.69 Å². The smallest absolute Gasteiger partial charge is 0.268 e. The van der Waals surface area contributed by atoms with Crippen LogP contribution >= 0.6 is 12.2 Å². The Balaban J connectivity index is 2.70. The zero-order valence-corrected chi connectivity index (χ0v) is 8.06. The van der Waals surface area contributed by atoms with Gasteiger partial charge in [0.15, 0.2) is 0 Å². The minimum atomic E-state index is -0.407. The van der Waals surface area contributed by atoms with Gasteiger partial charge in [0.05, 0.1) is 11.5 Å². The first kappa shape index (κ1) is 10.4. The fourth-order valence-electron chi connectivity index (χ4n) is 0.843. The lowest BCUT2D eigenvalue weighted by molar-refractivity contribution is 0.0954. The molecule has 0 atom stereocenters. The third kappa shape index (κ3) is 2.98. The van der Waals surface area contributed by atoms with Crippen molar-refractivity contribution in [1.29, 1.82) is 0 Å². The van der Waals surface area contributed by atoms with E-state index in [0.29, 0.717) is 0 Å². The van der Waals surface area contributed by atoms with Crippen molar-refractivity contribution in [3.63, 3.8) is 0 Å². The molecule has 0 unspecified atom stereocenters. The highest BCUT2D eigenvalue weighted by atomic mass is 32.1. The van der Waals surface area contributed by atoms with Crippen LogP contribution in [0.1, 0.15) is 10.5 Å². The molecule has 6 heteroatoms. The molecule has 4 N–H and O–H groups in total. The Labute approximate surface area is 85.3 Å². The van der Waals surface area contributed by atoms with E-state index in [9.17, 15) is 9.59 Å². The van der Waals surface area contributed by atoms with Crippen LogP contribution in [-0.4, -0.2) is 22.4 Å². The first-order valence-electron chi connectivity index (χ1n) is 3.85. The summed E-state index contributed by atoms with van der Waals surface area (Å²) in [6, 6.07) is 4.31. The highest BCUT2D eigenvalue weighted by molar-refractivity contribution is 7.80. The Bertz CT molecular complexity index is 413. The van der Waals surface area contributed by atoms with E-state index in [4.69, 9.17) is 5.73 Å². The summed E-state index contributed by atoms with van der Waals surface area (Å²) >= 11 is 4.58. The van der Waals surface area contributed by atoms with E-state index < -0.39 is 5.91 Å². The molecule has 0 aliphatic heterocycles. The third-order valence-electron chi connectivity index (χ3n) is 1.44. The number of amides is 1. The summed E-state index contributed by atoms with van der Waals surface area (Å²) in [6.45, 7) is 0.116. The monoisotopic (exact) mass is 211 g/mol. The van der Waals surface area contributed by atoms with E-state index in [1.807, 2.05) is 0 Å². The highest BCUT2D eigenvalue weighted by Crippen LogP contribution is 1.88. The topological polar surface area (TPSA) is 88.0 Å². The number of nitrogens with one attached hydrogen (secondary N) is 2. The molecule has 1 heterocycles. The van der Waals surface area contributed by atoms with Crippen molar-refractivity contribution in [2.75, 3.05) is 6.54 Å². The first-order chi connectivity index (χ1) is 6.59. The SMILES string of the molecule is NC(=S)CNC(=O)c1cccc(=O)[nH]1. The van der Waals surface area contributed by atoms with Gasteiger partial charge in [0.25, 0.3) is 5.91 Å². The molecule has 1 amide bonds. The van der Waals surface area contributed by atoms with Crippen LogP contribution in [-0.2, 0) is 0 Å². The van der Waals surface area contributed by atoms with Crippen molar-refractivity contribution >= 4 is 23.1 Å². The molecule has 0 aliphatic rings. The van der Waals surface area contributed by atoms with Gasteiger partial charge in [-0.1, -0.05) is 18.3 Å². The second-order valence-electron chi connectivity index (χ2n) is 2.58. The minimum absolute atomic E-state index is 0.116. The van der Waals surface area contributed by atoms with Crippen LogP contribution < -0.4 is 16.6 Å². The molecule has 0 saturated carbocycles. The first-order valence-corrected chi connectivity index (χ1v) is 4.26. The number of hydrogen-bond donors (Lipinski definition) is 3. The fourth-order valence-corrected chi connectivity index (χ4v) is 0.915. The molecule has 0 aromatic carbocycles. The Kier molecular flexibility index (Phi) is 3.35. The van der Waals surface area contributed by atoms with E-state index in [1.54, 1.807) is 0 Å². The van der Waals surface area contributed by atoms with Gasteiger partial charge in [-0.25, -0.2) is 0 Å². The van der Waals surface area contributed by atoms with Crippen LogP contribution in [0, 0.1) is 0 Å². The summed E-state index contributed by atoms with van der Waals surface area (Å²) in [4.78, 5) is 24.7. The van der Waals surface area contributed by atoms with Gasteiger partial charge in [0.2, 0.25) is 5.56 Å². The van der Waals surface area contributed by atoms with Crippen LogP contribution in [0.15, 0.2) is 23.0 Å². The van der Waals surface area contributed by atoms with Gasteiger partial charge in [-0.15, -0.1) is 0 Å². The average Bonchev–Trinajstić information content (AvgIpc) is 2.14. The van der Waals surface area contributed by atoms with Crippen molar-refractivity contribution < 1.29 is 4.79 Å². The summed E-state index contributed by atoms with van der Waals surface area (Å²) in [5.74, 6) is -0.407. The number of nitrogens with two attached hydrogens (primary N) is 1. The van der Waals surface area contributed by atoms with Gasteiger partial charge in [0, 0.05) is 6.07 Å². The second-order valence-corrected chi connectivity index (χ2v) is 3.10. The number of rotatable bonds is 3. The van der Waals surface area contributed by atoms with Crippen molar-refractivity contribution in [2.45, 2.75) is 0 Å². The molecular weight excluding hydrogens is 202 g/mol. The number of thiocarbonyl (C=S) groups is 1. The second kappa shape index (κ2) is 4.52. The number of carbonyl (C=O) groups is 1. The van der Waals surface area contributed by atoms with Crippen LogP contribution in [0.3, 0.4) is 0 Å². The van der Waals surface area contributed by atoms with Gasteiger partial charge >= 0.3 is 0 Å². The normalized spacial score (nSPS) is 9.43. The Hall–Kier alpha value is -1.69. The van der Waals surface area contributed by atoms with E-state index in [-0.39, 0.29) is 22.8 Å². The molecule has 0 aliphatic carbocycles. The van der Waals surface area contributed by atoms with E-state index in [2.05, 4.69) is 22.5 Å². The van der Waals surface area contributed by atoms with E-state index in [1.165, 1.54) is 18.2 Å². The van der Waals surface area contributed by atoms with Gasteiger partial charge in [-0.3, -0.25) is 9.59 Å². The summed E-state index contributed by atoms with van der Waals surface area (Å²) in [7, 11) is 0. The zero-order valence-electron chi connectivity index (χ0n) is 7.24. The fraction of sp³-hybridized carbons (Fsp3) is 0.125. The lowest BCUT2D eigenvalue weighted by Gasteiger charge is -2.02. The lowest BCUT2D eigenvalue weighted by atomic mass is 10.3. The Morgan fingerprint density at radius 1 is 1.57 bits per heavy atom. The van der Waals surface area contributed by atoms with Crippen LogP contribution in [0.25, 0.3) is 0 Å². The average molecular weight is 211 g/mol. The molecule has 1 aromatic rings. The maximum Gasteiger partial charge on any atom is 0.268 e. The van der Waals surface area contributed by atoms with Crippen LogP contribution in [0.4, 0.5) is 0 Å². The van der Waals surface area contributed by atoms with E-state index >= 15 is 0 Å². The minimum Gasteiger partial charge on any atom is -0.392 e. The van der Waals surface area contributed by atoms with Gasteiger partial charge < -0.3 is 16.0 Å². The number of pyridine rings is 1. The number of carbonyl (C=O) groups excluding carboxylic acids is 1. The summed E-state index contributed by atoms with van der Waals surface area (Å²) in [5.41, 5.74) is 5.06. The predicted molar refractivity (Wildman–Crippen MR) is 56.2 cm³/mol. The van der Waals surface area contributed by atoms with Crippen LogP contribution in [0.5, 0.6) is 0 Å². The summed E-state index contributed by atoms with van der Waals surface area (Å²) < 4.78 is 0. The van der Waals surface area contributed by atoms with Crippen molar-refractivity contribution in [1.82, 2.24) is 10.3 Å². The standard InChI is InChI=1S/C8H9N3O2S/c9-6(14)4-10-8(13)5-2-1-3-7(12)11-5/h1-3H,4H2,(H2,9,14)(H,10,13)(H,11,12). The number of aromatic nitrogens is 1. The molecule has 0 radical (unpaired) electrons. The van der Waals surface area contributed by atoms with E-state index in [0.717, 1.165) is 0 Å². The quantitative estimate of drug-likeness (QED) is 0.582. The molecule has 0 saturated heterocycles. The van der Waals surface area contributed by atoms with Crippen molar-refractivity contribution in [3.8, 4) is 0 Å². The molecule has 5 nitrogen and oxygen atoms in total. The number of H-pyrrole nitrogens is 1. The molecule has 74 valence electrons. The van der Waals surface area contributed by atoms with Crippen LogP contribution in [0.2, 0.25) is 0 Å². The number of aromatic amines is 1. The maximum atomic E-state index is 11.3. The van der Waals surface area contributed by atoms with Crippen molar-refractivity contribution in [2.24, 2.45) is 5.73 Å². The largest absolute Gasteiger partial charge is 0.392 e. The predicted octanol–water partition coefficient (Wildman–Crippen LogP) is -0.609. The highest BCUT2D eigenvalue weighted by Gasteiger charge is 2.04. The lowest BCUT2D eigenvalue weighted by Crippen LogP contribution is -2.33. The van der Waals surface area contributed by atoms with Crippen molar-refractivity contribution in [3.05, 3.63) is 34.2 Å². The molecule has 0 fully saturated rings. The number of hydrogen-bond acceptors (Lipinski definition) is 3. The molecule has 0 spiro atoms. The summed E-state index contributed by atoms with van der Waals surface area (Å²) in [5, 5.41) is 2.45. The summed E-state index contributed by atoms with van der Waals surface area (Å²) in [6.07, 6.45) is 0. The molecule has 1 rings (SSSR count). The Morgan fingerprint density at radius 2 is 2.29 bits per heavy atom. The maximum absolute atomic E-state index is 11.3. The van der Waals surface area contributed by atoms with Gasteiger partial charge in [-0.05, 0) is 6.07 Å². The molecule has 1 aromatic heterocycles. The third-order valence-corrected chi connectivity index (χ3v) is 1.58. The Morgan fingerprint density at radius 3 is 2.86 bits per heavy atom. The van der Waals surface area contributed by atoms with Gasteiger partial charge in [-0.2, -0.15) is 0 Å². The molecular formula is C8H9N3O2S. The molecule has 14 heavy (non-hydrogen) atoms. The molecule has 0 bridgehead atoms. The zero-order chi connectivity index (χ0) is 10.6.